The van der Waals surface area contributed by atoms with Gasteiger partial charge in [-0.25, -0.2) is 4.79 Å². The second-order valence-electron chi connectivity index (χ2n) is 7.44. The lowest BCUT2D eigenvalue weighted by Crippen LogP contribution is -2.72. The van der Waals surface area contributed by atoms with Crippen molar-refractivity contribution < 1.29 is 45.5 Å². The number of alkyl halides is 6. The Morgan fingerprint density at radius 2 is 1.79 bits per heavy atom. The van der Waals surface area contributed by atoms with Crippen molar-refractivity contribution in [3.63, 3.8) is 0 Å². The third-order valence-corrected chi connectivity index (χ3v) is 6.14. The topological polar surface area (TPSA) is 91.6 Å². The lowest BCUT2D eigenvalue weighted by Gasteiger charge is -2.44. The van der Waals surface area contributed by atoms with Crippen molar-refractivity contribution in [1.29, 1.82) is 0 Å². The van der Waals surface area contributed by atoms with E-state index in [0.717, 1.165) is 35.6 Å². The molecule has 3 aromatic rings. The molecule has 1 aliphatic rings. The number of urea groups is 1. The summed E-state index contributed by atoms with van der Waals surface area (Å²) in [7, 11) is 0. The number of Topliss-reactive ketones (excluding diaryl/α,β-unsaturated/α-hetero) is 1. The molecule has 4 rings (SSSR count). The van der Waals surface area contributed by atoms with E-state index in [-0.39, 0.29) is 22.0 Å². The standard InChI is InChI=1S/C21H14F6N2O4S/c22-20(23,24)11-4-1-3-10(9-11)12-6-7-13(33-12)16-15(17(30)14-5-2-8-34-14)19(32,21(25,26)27)29-18(31)28-16/h1-9,15-16,32H,(H2,28,29,31). The first-order valence-electron chi connectivity index (χ1n) is 9.54. The van der Waals surface area contributed by atoms with Gasteiger partial charge in [-0.2, -0.15) is 26.3 Å². The third-order valence-electron chi connectivity index (χ3n) is 5.26. The largest absolute Gasteiger partial charge is 0.459 e. The quantitative estimate of drug-likeness (QED) is 0.339. The Kier molecular flexibility index (Phi) is 5.72. The maximum atomic E-state index is 13.9. The minimum atomic E-state index is -5.45. The van der Waals surface area contributed by atoms with Crippen molar-refractivity contribution in [2.24, 2.45) is 5.92 Å². The average molecular weight is 504 g/mol. The third kappa shape index (κ3) is 4.16. The van der Waals surface area contributed by atoms with Crippen LogP contribution < -0.4 is 10.6 Å². The monoisotopic (exact) mass is 504 g/mol. The first-order chi connectivity index (χ1) is 15.8. The van der Waals surface area contributed by atoms with Crippen molar-refractivity contribution >= 4 is 23.2 Å². The molecule has 34 heavy (non-hydrogen) atoms. The van der Waals surface area contributed by atoms with E-state index in [9.17, 15) is 41.0 Å². The van der Waals surface area contributed by atoms with Crippen molar-refractivity contribution in [3.05, 3.63) is 70.1 Å². The highest BCUT2D eigenvalue weighted by Gasteiger charge is 2.67. The molecule has 13 heteroatoms. The van der Waals surface area contributed by atoms with Crippen LogP contribution in [0.2, 0.25) is 0 Å². The fourth-order valence-corrected chi connectivity index (χ4v) is 4.38. The van der Waals surface area contributed by atoms with Crippen molar-refractivity contribution in [2.45, 2.75) is 24.1 Å². The average Bonchev–Trinajstić information content (AvgIpc) is 3.44. The number of furan rings is 1. The van der Waals surface area contributed by atoms with Crippen molar-refractivity contribution in [2.75, 3.05) is 0 Å². The summed E-state index contributed by atoms with van der Waals surface area (Å²) in [4.78, 5) is 25.0. The zero-order valence-corrected chi connectivity index (χ0v) is 17.5. The van der Waals surface area contributed by atoms with Gasteiger partial charge >= 0.3 is 18.4 Å². The van der Waals surface area contributed by atoms with Crippen LogP contribution in [0, 0.1) is 5.92 Å². The minimum absolute atomic E-state index is 0.0337. The summed E-state index contributed by atoms with van der Waals surface area (Å²) in [5.41, 5.74) is -4.95. The highest BCUT2D eigenvalue weighted by Crippen LogP contribution is 2.45. The summed E-state index contributed by atoms with van der Waals surface area (Å²) in [6.07, 6.45) is -10.1. The van der Waals surface area contributed by atoms with E-state index in [1.165, 1.54) is 35.0 Å². The van der Waals surface area contributed by atoms with Crippen LogP contribution in [-0.2, 0) is 6.18 Å². The fraction of sp³-hybridized carbons (Fsp3) is 0.238. The molecule has 1 fully saturated rings. The lowest BCUT2D eigenvalue weighted by atomic mass is 9.80. The van der Waals surface area contributed by atoms with Crippen molar-refractivity contribution in [1.82, 2.24) is 10.6 Å². The molecule has 2 aromatic heterocycles. The number of carbonyl (C=O) groups is 2. The molecule has 0 radical (unpaired) electrons. The molecule has 3 N–H and O–H groups in total. The van der Waals surface area contributed by atoms with E-state index in [1.807, 2.05) is 0 Å². The van der Waals surface area contributed by atoms with Gasteiger partial charge in [-0.3, -0.25) is 4.79 Å². The van der Waals surface area contributed by atoms with Crippen LogP contribution in [0.3, 0.4) is 0 Å². The molecule has 0 spiro atoms. The van der Waals surface area contributed by atoms with Gasteiger partial charge in [0.25, 0.3) is 0 Å². The van der Waals surface area contributed by atoms with Crippen LogP contribution in [0.25, 0.3) is 11.3 Å². The van der Waals surface area contributed by atoms with E-state index in [2.05, 4.69) is 5.32 Å². The highest BCUT2D eigenvalue weighted by molar-refractivity contribution is 7.12. The molecule has 0 bridgehead atoms. The Hall–Kier alpha value is -3.32. The fourth-order valence-electron chi connectivity index (χ4n) is 3.67. The number of benzene rings is 1. The highest BCUT2D eigenvalue weighted by atomic mass is 32.1. The molecule has 1 saturated heterocycles. The molecule has 3 heterocycles. The number of rotatable bonds is 4. The molecule has 1 aromatic carbocycles. The first-order valence-corrected chi connectivity index (χ1v) is 10.4. The molecule has 0 aliphatic carbocycles. The van der Waals surface area contributed by atoms with Gasteiger partial charge in [0, 0.05) is 5.56 Å². The Balaban J connectivity index is 1.78. The van der Waals surface area contributed by atoms with E-state index in [4.69, 9.17) is 4.42 Å². The van der Waals surface area contributed by atoms with E-state index >= 15 is 0 Å². The van der Waals surface area contributed by atoms with Gasteiger partial charge in [-0.05, 0) is 35.7 Å². The second-order valence-corrected chi connectivity index (χ2v) is 8.39. The van der Waals surface area contributed by atoms with Gasteiger partial charge in [0.1, 0.15) is 23.5 Å². The number of thiophene rings is 1. The molecular weight excluding hydrogens is 490 g/mol. The zero-order valence-electron chi connectivity index (χ0n) is 16.7. The van der Waals surface area contributed by atoms with Crippen molar-refractivity contribution in [3.8, 4) is 11.3 Å². The maximum absolute atomic E-state index is 13.9. The SMILES string of the molecule is O=C1NC(c2ccc(-c3cccc(C(F)(F)F)c3)o2)C(C(=O)c2cccs2)C(O)(C(F)(F)F)N1. The number of hydrogen-bond acceptors (Lipinski definition) is 5. The number of halogens is 6. The lowest BCUT2D eigenvalue weighted by molar-refractivity contribution is -0.287. The molecule has 0 saturated carbocycles. The summed E-state index contributed by atoms with van der Waals surface area (Å²) in [6, 6.07) is 5.82. The number of carbonyl (C=O) groups excluding carboxylic acids is 2. The predicted molar refractivity (Wildman–Crippen MR) is 107 cm³/mol. The molecule has 3 unspecified atom stereocenters. The molecule has 3 atom stereocenters. The number of hydrogen-bond donors (Lipinski definition) is 3. The van der Waals surface area contributed by atoms with Gasteiger partial charge in [-0.1, -0.05) is 18.2 Å². The molecular formula is C21H14F6N2O4S. The van der Waals surface area contributed by atoms with Crippen LogP contribution in [0.15, 0.2) is 58.3 Å². The molecule has 1 aliphatic heterocycles. The number of amides is 2. The Morgan fingerprint density at radius 3 is 2.41 bits per heavy atom. The summed E-state index contributed by atoms with van der Waals surface area (Å²) in [6.45, 7) is 0. The summed E-state index contributed by atoms with van der Waals surface area (Å²) < 4.78 is 86.3. The summed E-state index contributed by atoms with van der Waals surface area (Å²) >= 11 is 0.834. The van der Waals surface area contributed by atoms with Crippen LogP contribution in [0.4, 0.5) is 31.1 Å². The number of ketones is 1. The van der Waals surface area contributed by atoms with Crippen LogP contribution in [0.5, 0.6) is 0 Å². The zero-order chi connectivity index (χ0) is 24.9. The maximum Gasteiger partial charge on any atom is 0.437 e. The smallest absolute Gasteiger partial charge is 0.437 e. The van der Waals surface area contributed by atoms with E-state index < -0.39 is 47.4 Å². The summed E-state index contributed by atoms with van der Waals surface area (Å²) in [5, 5.41) is 15.5. The van der Waals surface area contributed by atoms with Gasteiger partial charge in [-0.15, -0.1) is 11.3 Å². The Morgan fingerprint density at radius 1 is 1.06 bits per heavy atom. The number of nitrogens with one attached hydrogen (secondary N) is 2. The van der Waals surface area contributed by atoms with Gasteiger partial charge < -0.3 is 20.2 Å². The minimum Gasteiger partial charge on any atom is -0.459 e. The van der Waals surface area contributed by atoms with Gasteiger partial charge in [0.15, 0.2) is 5.78 Å². The molecule has 2 amide bonds. The Bertz CT molecular complexity index is 1220. The predicted octanol–water partition coefficient (Wildman–Crippen LogP) is 5.13. The first kappa shape index (κ1) is 23.8. The van der Waals surface area contributed by atoms with E-state index in [0.29, 0.717) is 0 Å². The van der Waals surface area contributed by atoms with Crippen LogP contribution >= 0.6 is 11.3 Å². The van der Waals surface area contributed by atoms with E-state index in [1.54, 1.807) is 0 Å². The number of aliphatic hydroxyl groups is 1. The van der Waals surface area contributed by atoms with Crippen LogP contribution in [0.1, 0.15) is 27.0 Å². The van der Waals surface area contributed by atoms with Gasteiger partial charge in [0.2, 0.25) is 5.72 Å². The molecule has 180 valence electrons. The van der Waals surface area contributed by atoms with Crippen LogP contribution in [-0.4, -0.2) is 28.8 Å². The normalized spacial score (nSPS) is 23.3. The van der Waals surface area contributed by atoms with Gasteiger partial charge in [0.05, 0.1) is 10.4 Å². The summed E-state index contributed by atoms with van der Waals surface area (Å²) in [5.74, 6) is -3.93. The molecule has 6 nitrogen and oxygen atoms in total. The Labute approximate surface area is 191 Å². The second kappa shape index (κ2) is 8.17.